The van der Waals surface area contributed by atoms with E-state index in [1.807, 2.05) is 11.0 Å². The summed E-state index contributed by atoms with van der Waals surface area (Å²) in [6.07, 6.45) is 3.78. The molecule has 3 heterocycles. The van der Waals surface area contributed by atoms with E-state index in [0.717, 1.165) is 25.2 Å². The number of nitrogens with zero attached hydrogens (tertiary/aromatic N) is 2. The first-order valence-electron chi connectivity index (χ1n) is 9.04. The zero-order chi connectivity index (χ0) is 17.9. The van der Waals surface area contributed by atoms with E-state index >= 15 is 0 Å². The van der Waals surface area contributed by atoms with Crippen molar-refractivity contribution in [3.63, 3.8) is 0 Å². The molecule has 0 saturated carbocycles. The van der Waals surface area contributed by atoms with E-state index in [-0.39, 0.29) is 24.2 Å². The number of furan rings is 1. The standard InChI is InChI=1S/C20H23FN2O3/c21-18-3-1-2-15(8-18)9-20(24)23-12-17-11-22(5-7-26-19(17)13-23)10-16-4-6-25-14-16/h1-4,6,8,14,17,19H,5,7,9-13H2/t17-,19+/m0/s1. The van der Waals surface area contributed by atoms with Crippen LogP contribution in [0.25, 0.3) is 0 Å². The van der Waals surface area contributed by atoms with Gasteiger partial charge in [0.1, 0.15) is 5.82 Å². The van der Waals surface area contributed by atoms with Crippen molar-refractivity contribution in [3.05, 3.63) is 59.8 Å². The Morgan fingerprint density at radius 3 is 2.92 bits per heavy atom. The molecule has 5 nitrogen and oxygen atoms in total. The number of likely N-dealkylation sites (tertiary alicyclic amines) is 1. The van der Waals surface area contributed by atoms with E-state index in [4.69, 9.17) is 9.15 Å². The summed E-state index contributed by atoms with van der Waals surface area (Å²) < 4.78 is 24.5. The highest BCUT2D eigenvalue weighted by Crippen LogP contribution is 2.25. The first-order valence-corrected chi connectivity index (χ1v) is 9.04. The minimum Gasteiger partial charge on any atom is -0.472 e. The normalized spacial score (nSPS) is 23.7. The lowest BCUT2D eigenvalue weighted by Gasteiger charge is -2.22. The van der Waals surface area contributed by atoms with Gasteiger partial charge in [-0.15, -0.1) is 0 Å². The summed E-state index contributed by atoms with van der Waals surface area (Å²) in [6, 6.07) is 8.23. The maximum atomic E-state index is 13.3. The number of ether oxygens (including phenoxy) is 1. The van der Waals surface area contributed by atoms with Crippen molar-refractivity contribution in [2.24, 2.45) is 5.92 Å². The van der Waals surface area contributed by atoms with E-state index in [2.05, 4.69) is 4.90 Å². The highest BCUT2D eigenvalue weighted by molar-refractivity contribution is 5.79. The zero-order valence-corrected chi connectivity index (χ0v) is 14.6. The Morgan fingerprint density at radius 1 is 1.19 bits per heavy atom. The molecule has 1 aromatic carbocycles. The second kappa shape index (κ2) is 7.60. The third-order valence-electron chi connectivity index (χ3n) is 5.20. The van der Waals surface area contributed by atoms with Crippen LogP contribution in [-0.2, 0) is 22.5 Å². The average molecular weight is 358 g/mol. The van der Waals surface area contributed by atoms with E-state index in [1.165, 1.54) is 12.1 Å². The molecular formula is C20H23FN2O3. The third kappa shape index (κ3) is 3.97. The van der Waals surface area contributed by atoms with Crippen molar-refractivity contribution in [1.82, 2.24) is 9.80 Å². The van der Waals surface area contributed by atoms with Gasteiger partial charge >= 0.3 is 0 Å². The molecule has 1 amide bonds. The molecule has 1 aromatic heterocycles. The molecule has 0 radical (unpaired) electrons. The SMILES string of the molecule is O=C(Cc1cccc(F)c1)N1C[C@@H]2CN(Cc3ccoc3)CCO[C@@H]2C1. The molecule has 0 bridgehead atoms. The van der Waals surface area contributed by atoms with Crippen LogP contribution >= 0.6 is 0 Å². The highest BCUT2D eigenvalue weighted by Gasteiger charge is 2.38. The Morgan fingerprint density at radius 2 is 2.12 bits per heavy atom. The van der Waals surface area contributed by atoms with Crippen molar-refractivity contribution in [2.45, 2.75) is 19.1 Å². The number of carbonyl (C=O) groups is 1. The Balaban J connectivity index is 1.36. The lowest BCUT2D eigenvalue weighted by Crippen LogP contribution is -2.34. The van der Waals surface area contributed by atoms with E-state index in [1.54, 1.807) is 24.7 Å². The minimum atomic E-state index is -0.305. The van der Waals surface area contributed by atoms with E-state index in [9.17, 15) is 9.18 Å². The topological polar surface area (TPSA) is 45.9 Å². The molecule has 0 aliphatic carbocycles. The Hall–Kier alpha value is -2.18. The summed E-state index contributed by atoms with van der Waals surface area (Å²) in [5.41, 5.74) is 1.87. The molecule has 2 atom stereocenters. The summed E-state index contributed by atoms with van der Waals surface area (Å²) in [7, 11) is 0. The maximum Gasteiger partial charge on any atom is 0.227 e. The number of rotatable bonds is 4. The number of benzene rings is 1. The molecule has 0 N–H and O–H groups in total. The number of hydrogen-bond donors (Lipinski definition) is 0. The van der Waals surface area contributed by atoms with Gasteiger partial charge in [0.25, 0.3) is 0 Å². The first kappa shape index (κ1) is 17.2. The molecule has 0 spiro atoms. The van der Waals surface area contributed by atoms with Gasteiger partial charge in [-0.25, -0.2) is 4.39 Å². The second-order valence-electron chi connectivity index (χ2n) is 7.14. The van der Waals surface area contributed by atoms with Crippen LogP contribution in [0.2, 0.25) is 0 Å². The Kier molecular flexibility index (Phi) is 5.04. The number of hydrogen-bond acceptors (Lipinski definition) is 4. The van der Waals surface area contributed by atoms with Crippen LogP contribution in [0.15, 0.2) is 47.3 Å². The van der Waals surface area contributed by atoms with Crippen molar-refractivity contribution < 1.29 is 18.3 Å². The number of fused-ring (bicyclic) bond motifs is 1. The van der Waals surface area contributed by atoms with Crippen molar-refractivity contribution in [3.8, 4) is 0 Å². The molecule has 26 heavy (non-hydrogen) atoms. The molecule has 2 aliphatic rings. The van der Waals surface area contributed by atoms with Crippen LogP contribution in [0.3, 0.4) is 0 Å². The summed E-state index contributed by atoms with van der Waals surface area (Å²) >= 11 is 0. The van der Waals surface area contributed by atoms with Gasteiger partial charge in [0.2, 0.25) is 5.91 Å². The molecule has 138 valence electrons. The zero-order valence-electron chi connectivity index (χ0n) is 14.6. The maximum absolute atomic E-state index is 13.3. The van der Waals surface area contributed by atoms with Gasteiger partial charge in [-0.2, -0.15) is 0 Å². The number of amides is 1. The Labute approximate surface area is 152 Å². The molecule has 2 aliphatic heterocycles. The third-order valence-corrected chi connectivity index (χ3v) is 5.20. The molecule has 4 rings (SSSR count). The summed E-state index contributed by atoms with van der Waals surface area (Å²) in [5, 5.41) is 0. The second-order valence-corrected chi connectivity index (χ2v) is 7.14. The lowest BCUT2D eigenvalue weighted by atomic mass is 10.1. The van der Waals surface area contributed by atoms with Crippen molar-refractivity contribution >= 4 is 5.91 Å². The van der Waals surface area contributed by atoms with Crippen LogP contribution in [0.5, 0.6) is 0 Å². The lowest BCUT2D eigenvalue weighted by molar-refractivity contribution is -0.130. The predicted molar refractivity (Wildman–Crippen MR) is 93.9 cm³/mol. The number of carbonyl (C=O) groups excluding carboxylic acids is 1. The minimum absolute atomic E-state index is 0.0358. The van der Waals surface area contributed by atoms with Crippen molar-refractivity contribution in [1.29, 1.82) is 0 Å². The van der Waals surface area contributed by atoms with E-state index in [0.29, 0.717) is 31.2 Å². The quantitative estimate of drug-likeness (QED) is 0.842. The average Bonchev–Trinajstić information content (AvgIpc) is 3.22. The molecule has 6 heteroatoms. The van der Waals surface area contributed by atoms with Gasteiger partial charge in [-0.1, -0.05) is 12.1 Å². The molecule has 2 aromatic rings. The van der Waals surface area contributed by atoms with Gasteiger partial charge < -0.3 is 14.1 Å². The molecule has 2 fully saturated rings. The monoisotopic (exact) mass is 358 g/mol. The fourth-order valence-corrected chi connectivity index (χ4v) is 3.88. The smallest absolute Gasteiger partial charge is 0.227 e. The van der Waals surface area contributed by atoms with Gasteiger partial charge in [0.15, 0.2) is 0 Å². The summed E-state index contributed by atoms with van der Waals surface area (Å²) in [6.45, 7) is 4.61. The van der Waals surface area contributed by atoms with Crippen LogP contribution in [-0.4, -0.2) is 54.6 Å². The first-order chi connectivity index (χ1) is 12.7. The van der Waals surface area contributed by atoms with Gasteiger partial charge in [-0.3, -0.25) is 9.69 Å². The van der Waals surface area contributed by atoms with Gasteiger partial charge in [-0.05, 0) is 23.8 Å². The van der Waals surface area contributed by atoms with Crippen LogP contribution in [0.1, 0.15) is 11.1 Å². The van der Waals surface area contributed by atoms with Crippen LogP contribution < -0.4 is 0 Å². The number of halogens is 1. The largest absolute Gasteiger partial charge is 0.472 e. The summed E-state index contributed by atoms with van der Waals surface area (Å²) in [4.78, 5) is 16.8. The highest BCUT2D eigenvalue weighted by atomic mass is 19.1. The Bertz CT molecular complexity index is 749. The molecule has 2 saturated heterocycles. The van der Waals surface area contributed by atoms with E-state index < -0.39 is 0 Å². The van der Waals surface area contributed by atoms with Crippen LogP contribution in [0, 0.1) is 11.7 Å². The van der Waals surface area contributed by atoms with Gasteiger partial charge in [0, 0.05) is 44.2 Å². The molecule has 0 unspecified atom stereocenters. The summed E-state index contributed by atoms with van der Waals surface area (Å²) in [5.74, 6) is 0.0367. The molecular weight excluding hydrogens is 335 g/mol. The van der Waals surface area contributed by atoms with Gasteiger partial charge in [0.05, 0.1) is 31.7 Å². The predicted octanol–water partition coefficient (Wildman–Crippen LogP) is 2.32. The van der Waals surface area contributed by atoms with Crippen molar-refractivity contribution in [2.75, 3.05) is 32.8 Å². The van der Waals surface area contributed by atoms with Crippen LogP contribution in [0.4, 0.5) is 4.39 Å². The fraction of sp³-hybridized carbons (Fsp3) is 0.450. The fourth-order valence-electron chi connectivity index (χ4n) is 3.88.